The highest BCUT2D eigenvalue weighted by Gasteiger charge is 2.26. The van der Waals surface area contributed by atoms with Crippen LogP contribution in [-0.2, 0) is 14.8 Å². The van der Waals surface area contributed by atoms with Gasteiger partial charge in [-0.2, -0.15) is 4.31 Å². The number of sulfonamides is 1. The first-order valence-electron chi connectivity index (χ1n) is 9.56. The van der Waals surface area contributed by atoms with Gasteiger partial charge in [0.1, 0.15) is 0 Å². The van der Waals surface area contributed by atoms with Gasteiger partial charge in [0.15, 0.2) is 0 Å². The number of nitrogens with zero attached hydrogens (tertiary/aromatic N) is 3. The molecule has 0 amide bonds. The fraction of sp³-hybridized carbons (Fsp3) is 0.238. The third-order valence-electron chi connectivity index (χ3n) is 4.90. The summed E-state index contributed by atoms with van der Waals surface area (Å²) < 4.78 is 33.8. The predicted octanol–water partition coefficient (Wildman–Crippen LogP) is 2.25. The summed E-state index contributed by atoms with van der Waals surface area (Å²) in [6, 6.07) is 15.7. The molecular weight excluding hydrogens is 404 g/mol. The van der Waals surface area contributed by atoms with E-state index in [9.17, 15) is 13.2 Å². The van der Waals surface area contributed by atoms with Crippen molar-refractivity contribution in [1.82, 2.24) is 14.1 Å². The molecule has 1 aliphatic rings. The van der Waals surface area contributed by atoms with Crippen molar-refractivity contribution in [3.8, 4) is 5.69 Å². The van der Waals surface area contributed by atoms with Gasteiger partial charge in [-0.1, -0.05) is 24.3 Å². The molecule has 1 N–H and O–H groups in total. The minimum absolute atomic E-state index is 0.173. The lowest BCUT2D eigenvalue weighted by atomic mass is 10.2. The van der Waals surface area contributed by atoms with E-state index in [1.807, 2.05) is 30.3 Å². The van der Waals surface area contributed by atoms with E-state index < -0.39 is 10.0 Å². The smallest absolute Gasteiger partial charge is 0.280 e. The first-order valence-corrected chi connectivity index (χ1v) is 11.0. The number of hydrogen-bond donors (Lipinski definition) is 1. The number of ether oxygens (including phenoxy) is 1. The van der Waals surface area contributed by atoms with Crippen LogP contribution < -0.4 is 5.56 Å². The lowest BCUT2D eigenvalue weighted by molar-refractivity contribution is 0.0730. The van der Waals surface area contributed by atoms with E-state index in [1.165, 1.54) is 21.3 Å². The van der Waals surface area contributed by atoms with Crippen molar-refractivity contribution in [3.05, 3.63) is 76.2 Å². The highest BCUT2D eigenvalue weighted by Crippen LogP contribution is 2.22. The molecule has 1 aromatic heterocycles. The molecule has 0 atom stereocenters. The molecule has 1 fully saturated rings. The first kappa shape index (κ1) is 20.3. The van der Waals surface area contributed by atoms with Crippen molar-refractivity contribution in [2.24, 2.45) is 4.99 Å². The van der Waals surface area contributed by atoms with Crippen LogP contribution in [0.5, 0.6) is 0 Å². The number of H-pyrrole nitrogens is 1. The topological polar surface area (TPSA) is 96.8 Å². The molecule has 9 heteroatoms. The van der Waals surface area contributed by atoms with Gasteiger partial charge in [-0.15, -0.1) is 0 Å². The molecular formula is C21H22N4O4S. The predicted molar refractivity (Wildman–Crippen MR) is 114 cm³/mol. The van der Waals surface area contributed by atoms with Gasteiger partial charge in [0.05, 0.1) is 35.0 Å². The Labute approximate surface area is 174 Å². The van der Waals surface area contributed by atoms with Gasteiger partial charge in [0.25, 0.3) is 5.56 Å². The molecule has 0 unspecified atom stereocenters. The monoisotopic (exact) mass is 426 g/mol. The molecule has 30 heavy (non-hydrogen) atoms. The standard InChI is InChI=1S/C21H22N4O4S/c1-16-20(21(26)25(23-16)18-7-3-2-4-8-18)15-22-17-6-5-9-19(14-17)30(27,28)24-10-12-29-13-11-24/h2-9,14-15,23H,10-13H2,1H3. The third kappa shape index (κ3) is 4.00. The quantitative estimate of drug-likeness (QED) is 0.633. The molecule has 156 valence electrons. The lowest BCUT2D eigenvalue weighted by Gasteiger charge is -2.26. The average molecular weight is 426 g/mol. The van der Waals surface area contributed by atoms with Crippen molar-refractivity contribution >= 4 is 21.9 Å². The Balaban J connectivity index is 1.62. The molecule has 4 rings (SSSR count). The Morgan fingerprint density at radius 2 is 1.80 bits per heavy atom. The highest BCUT2D eigenvalue weighted by atomic mass is 32.2. The molecule has 3 aromatic rings. The van der Waals surface area contributed by atoms with E-state index >= 15 is 0 Å². The summed E-state index contributed by atoms with van der Waals surface area (Å²) in [7, 11) is -3.61. The molecule has 8 nitrogen and oxygen atoms in total. The number of aromatic amines is 1. The van der Waals surface area contributed by atoms with E-state index in [0.717, 1.165) is 5.69 Å². The summed E-state index contributed by atoms with van der Waals surface area (Å²) in [6.07, 6.45) is 1.47. The van der Waals surface area contributed by atoms with Crippen LogP contribution in [-0.4, -0.2) is 55.0 Å². The summed E-state index contributed by atoms with van der Waals surface area (Å²) in [5.41, 5.74) is 2.05. The highest BCUT2D eigenvalue weighted by molar-refractivity contribution is 7.89. The second kappa shape index (κ2) is 8.39. The van der Waals surface area contributed by atoms with Crippen molar-refractivity contribution in [2.45, 2.75) is 11.8 Å². The maximum absolute atomic E-state index is 12.8. The van der Waals surface area contributed by atoms with Crippen LogP contribution in [0.15, 0.2) is 69.3 Å². The van der Waals surface area contributed by atoms with E-state index in [2.05, 4.69) is 10.1 Å². The van der Waals surface area contributed by atoms with Gasteiger partial charge >= 0.3 is 0 Å². The second-order valence-corrected chi connectivity index (χ2v) is 8.84. The molecule has 2 aromatic carbocycles. The largest absolute Gasteiger partial charge is 0.379 e. The number of aliphatic imine (C=N–C) groups is 1. The number of rotatable bonds is 5. The van der Waals surface area contributed by atoms with E-state index in [0.29, 0.717) is 43.2 Å². The number of para-hydroxylation sites is 1. The van der Waals surface area contributed by atoms with Crippen LogP contribution in [0.3, 0.4) is 0 Å². The van der Waals surface area contributed by atoms with Gasteiger partial charge in [0.2, 0.25) is 10.0 Å². The number of benzene rings is 2. The van der Waals surface area contributed by atoms with Crippen LogP contribution in [0, 0.1) is 6.92 Å². The van der Waals surface area contributed by atoms with Crippen molar-refractivity contribution in [3.63, 3.8) is 0 Å². The Morgan fingerprint density at radius 1 is 1.07 bits per heavy atom. The molecule has 1 saturated heterocycles. The van der Waals surface area contributed by atoms with Gasteiger partial charge in [-0.25, -0.2) is 13.1 Å². The summed E-state index contributed by atoms with van der Waals surface area (Å²) in [6.45, 7) is 3.23. The van der Waals surface area contributed by atoms with Gasteiger partial charge < -0.3 is 4.74 Å². The van der Waals surface area contributed by atoms with Crippen LogP contribution >= 0.6 is 0 Å². The maximum Gasteiger partial charge on any atom is 0.280 e. The Hall–Kier alpha value is -3.01. The van der Waals surface area contributed by atoms with Crippen LogP contribution in [0.25, 0.3) is 5.69 Å². The minimum Gasteiger partial charge on any atom is -0.379 e. The SMILES string of the molecule is Cc1[nH]n(-c2ccccc2)c(=O)c1C=Nc1cccc(S(=O)(=O)N2CCOCC2)c1. The normalized spacial score (nSPS) is 15.6. The third-order valence-corrected chi connectivity index (χ3v) is 6.79. The fourth-order valence-corrected chi connectivity index (χ4v) is 4.72. The van der Waals surface area contributed by atoms with Gasteiger partial charge in [-0.3, -0.25) is 14.9 Å². The summed E-state index contributed by atoms with van der Waals surface area (Å²) >= 11 is 0. The number of hydrogen-bond acceptors (Lipinski definition) is 5. The molecule has 2 heterocycles. The summed E-state index contributed by atoms with van der Waals surface area (Å²) in [5, 5.41) is 3.04. The zero-order chi connectivity index (χ0) is 21.1. The average Bonchev–Trinajstić information content (AvgIpc) is 3.07. The van der Waals surface area contributed by atoms with E-state index in [4.69, 9.17) is 4.74 Å². The number of aryl methyl sites for hydroxylation is 1. The molecule has 0 spiro atoms. The van der Waals surface area contributed by atoms with Gasteiger partial charge in [0, 0.05) is 25.0 Å². The number of nitrogens with one attached hydrogen (secondary N) is 1. The zero-order valence-electron chi connectivity index (χ0n) is 16.5. The van der Waals surface area contributed by atoms with Crippen LogP contribution in [0.1, 0.15) is 11.3 Å². The summed E-state index contributed by atoms with van der Waals surface area (Å²) in [4.78, 5) is 17.3. The van der Waals surface area contributed by atoms with Crippen molar-refractivity contribution < 1.29 is 13.2 Å². The Bertz CT molecular complexity index is 1220. The number of morpholine rings is 1. The van der Waals surface area contributed by atoms with E-state index in [-0.39, 0.29) is 10.5 Å². The molecule has 1 aliphatic heterocycles. The second-order valence-electron chi connectivity index (χ2n) is 6.90. The van der Waals surface area contributed by atoms with E-state index in [1.54, 1.807) is 25.1 Å². The summed E-state index contributed by atoms with van der Waals surface area (Å²) in [5.74, 6) is 0. The Kier molecular flexibility index (Phi) is 5.67. The first-order chi connectivity index (χ1) is 14.5. The molecule has 0 saturated carbocycles. The van der Waals surface area contributed by atoms with Crippen LogP contribution in [0.4, 0.5) is 5.69 Å². The lowest BCUT2D eigenvalue weighted by Crippen LogP contribution is -2.40. The minimum atomic E-state index is -3.61. The fourth-order valence-electron chi connectivity index (χ4n) is 3.27. The van der Waals surface area contributed by atoms with Crippen LogP contribution in [0.2, 0.25) is 0 Å². The molecule has 0 bridgehead atoms. The molecule has 0 radical (unpaired) electrons. The van der Waals surface area contributed by atoms with Crippen molar-refractivity contribution in [2.75, 3.05) is 26.3 Å². The van der Waals surface area contributed by atoms with Gasteiger partial charge in [-0.05, 0) is 37.3 Å². The maximum atomic E-state index is 12.8. The van der Waals surface area contributed by atoms with Crippen molar-refractivity contribution in [1.29, 1.82) is 0 Å². The molecule has 0 aliphatic carbocycles. The Morgan fingerprint density at radius 3 is 2.53 bits per heavy atom. The number of aromatic nitrogens is 2. The zero-order valence-corrected chi connectivity index (χ0v) is 17.3.